The molecule has 0 N–H and O–H groups in total. The second kappa shape index (κ2) is 7.18. The zero-order chi connectivity index (χ0) is 19.7. The lowest BCUT2D eigenvalue weighted by Gasteiger charge is -2.08. The van der Waals surface area contributed by atoms with E-state index in [0.717, 1.165) is 0 Å². The highest BCUT2D eigenvalue weighted by atomic mass is 19.2. The highest BCUT2D eigenvalue weighted by molar-refractivity contribution is 5.88. The molecule has 2 aromatic carbocycles. The molecule has 0 radical (unpaired) electrons. The summed E-state index contributed by atoms with van der Waals surface area (Å²) < 4.78 is 76.6. The van der Waals surface area contributed by atoms with Crippen LogP contribution in [0.2, 0.25) is 0 Å². The van der Waals surface area contributed by atoms with E-state index < -0.39 is 47.2 Å². The van der Waals surface area contributed by atoms with Gasteiger partial charge in [-0.05, 0) is 19.1 Å². The fraction of sp³-hybridized carbons (Fsp3) is 0.111. The molecule has 0 aliphatic heterocycles. The number of hydrogen-bond acceptors (Lipinski definition) is 4. The molecule has 0 atom stereocenters. The minimum absolute atomic E-state index is 0.0660. The third-order valence-corrected chi connectivity index (χ3v) is 3.66. The van der Waals surface area contributed by atoms with E-state index in [9.17, 15) is 26.7 Å². The molecule has 1 heterocycles. The van der Waals surface area contributed by atoms with Crippen molar-refractivity contribution >= 4 is 5.97 Å². The first kappa shape index (κ1) is 18.6. The largest absolute Gasteiger partial charge is 0.456 e. The Hall–Kier alpha value is -3.23. The zero-order valence-electron chi connectivity index (χ0n) is 13.7. The SMILES string of the molecule is Cc1oc(-c2ccccc2)nc1C(=O)OCc1c(F)c(F)c(F)c(F)c1F. The predicted molar refractivity (Wildman–Crippen MR) is 82.0 cm³/mol. The van der Waals surface area contributed by atoms with Gasteiger partial charge in [0.25, 0.3) is 0 Å². The normalized spacial score (nSPS) is 10.9. The average Bonchev–Trinajstić information content (AvgIpc) is 3.07. The van der Waals surface area contributed by atoms with Gasteiger partial charge < -0.3 is 9.15 Å². The van der Waals surface area contributed by atoms with Crippen LogP contribution in [0.1, 0.15) is 21.8 Å². The molecule has 0 saturated heterocycles. The number of rotatable bonds is 4. The van der Waals surface area contributed by atoms with Gasteiger partial charge in [0.1, 0.15) is 12.4 Å². The van der Waals surface area contributed by atoms with Gasteiger partial charge in [-0.15, -0.1) is 0 Å². The van der Waals surface area contributed by atoms with Gasteiger partial charge >= 0.3 is 5.97 Å². The third-order valence-electron chi connectivity index (χ3n) is 3.66. The van der Waals surface area contributed by atoms with Crippen LogP contribution in [0, 0.1) is 36.0 Å². The fourth-order valence-corrected chi connectivity index (χ4v) is 2.27. The molecule has 0 bridgehead atoms. The Balaban J connectivity index is 1.83. The molecular formula is C18H10F5NO3. The van der Waals surface area contributed by atoms with E-state index in [0.29, 0.717) is 5.56 Å². The fourth-order valence-electron chi connectivity index (χ4n) is 2.27. The molecule has 0 saturated carbocycles. The van der Waals surface area contributed by atoms with Gasteiger partial charge in [0.15, 0.2) is 29.0 Å². The Morgan fingerprint density at radius 3 is 2.11 bits per heavy atom. The maximum atomic E-state index is 13.6. The van der Waals surface area contributed by atoms with E-state index in [1.54, 1.807) is 30.3 Å². The first-order valence-electron chi connectivity index (χ1n) is 7.51. The van der Waals surface area contributed by atoms with E-state index in [-0.39, 0.29) is 17.3 Å². The minimum atomic E-state index is -2.29. The molecule has 3 rings (SSSR count). The molecule has 9 heteroatoms. The van der Waals surface area contributed by atoms with Gasteiger partial charge in [-0.25, -0.2) is 31.7 Å². The Bertz CT molecular complexity index is 989. The lowest BCUT2D eigenvalue weighted by Crippen LogP contribution is -2.12. The predicted octanol–water partition coefficient (Wildman–Crippen LogP) is 4.70. The molecule has 27 heavy (non-hydrogen) atoms. The Morgan fingerprint density at radius 1 is 0.963 bits per heavy atom. The van der Waals surface area contributed by atoms with Crippen LogP contribution in [0.25, 0.3) is 11.5 Å². The maximum Gasteiger partial charge on any atom is 0.360 e. The molecule has 140 valence electrons. The summed E-state index contributed by atoms with van der Waals surface area (Å²) in [5, 5.41) is 0. The van der Waals surface area contributed by atoms with E-state index in [4.69, 9.17) is 4.42 Å². The van der Waals surface area contributed by atoms with Crippen molar-refractivity contribution in [3.05, 3.63) is 76.4 Å². The first-order valence-corrected chi connectivity index (χ1v) is 7.51. The summed E-state index contributed by atoms with van der Waals surface area (Å²) in [7, 11) is 0. The molecule has 1 aromatic heterocycles. The van der Waals surface area contributed by atoms with Crippen molar-refractivity contribution in [2.75, 3.05) is 0 Å². The van der Waals surface area contributed by atoms with Crippen LogP contribution in [-0.4, -0.2) is 11.0 Å². The molecule has 0 amide bonds. The summed E-state index contributed by atoms with van der Waals surface area (Å²) >= 11 is 0. The van der Waals surface area contributed by atoms with Crippen LogP contribution < -0.4 is 0 Å². The van der Waals surface area contributed by atoms with Crippen LogP contribution in [0.4, 0.5) is 22.0 Å². The highest BCUT2D eigenvalue weighted by Gasteiger charge is 2.27. The highest BCUT2D eigenvalue weighted by Crippen LogP contribution is 2.25. The molecule has 0 aliphatic carbocycles. The first-order chi connectivity index (χ1) is 12.8. The molecule has 4 nitrogen and oxygen atoms in total. The van der Waals surface area contributed by atoms with Crippen molar-refractivity contribution in [1.82, 2.24) is 4.98 Å². The smallest absolute Gasteiger partial charge is 0.360 e. The summed E-state index contributed by atoms with van der Waals surface area (Å²) in [6, 6.07) is 8.55. The Morgan fingerprint density at radius 2 is 1.52 bits per heavy atom. The number of oxazole rings is 1. The molecule has 0 fully saturated rings. The van der Waals surface area contributed by atoms with Crippen LogP contribution in [-0.2, 0) is 11.3 Å². The van der Waals surface area contributed by atoms with Crippen molar-refractivity contribution in [2.45, 2.75) is 13.5 Å². The third kappa shape index (κ3) is 3.40. The number of nitrogens with zero attached hydrogens (tertiary/aromatic N) is 1. The molecule has 3 aromatic rings. The van der Waals surface area contributed by atoms with E-state index in [1.807, 2.05) is 0 Å². The van der Waals surface area contributed by atoms with Crippen molar-refractivity contribution < 1.29 is 35.9 Å². The monoisotopic (exact) mass is 383 g/mol. The summed E-state index contributed by atoms with van der Waals surface area (Å²) in [4.78, 5) is 16.0. The number of benzene rings is 2. The summed E-state index contributed by atoms with van der Waals surface area (Å²) in [6.07, 6.45) is 0. The summed E-state index contributed by atoms with van der Waals surface area (Å²) in [5.74, 6) is -11.6. The summed E-state index contributed by atoms with van der Waals surface area (Å²) in [6.45, 7) is 0.242. The topological polar surface area (TPSA) is 52.3 Å². The lowest BCUT2D eigenvalue weighted by atomic mass is 10.2. The standard InChI is InChI=1S/C18H10F5NO3/c1-8-16(24-17(27-8)9-5-3-2-4-6-9)18(25)26-7-10-11(19)13(21)15(23)14(22)12(10)20/h2-6H,7H2,1H3. The van der Waals surface area contributed by atoms with E-state index >= 15 is 0 Å². The number of hydrogen-bond donors (Lipinski definition) is 0. The second-order valence-corrected chi connectivity index (χ2v) is 5.41. The number of halogens is 5. The summed E-state index contributed by atoms with van der Waals surface area (Å²) in [5.41, 5.74) is -0.971. The van der Waals surface area contributed by atoms with Crippen molar-refractivity contribution in [1.29, 1.82) is 0 Å². The van der Waals surface area contributed by atoms with Crippen LogP contribution in [0.5, 0.6) is 0 Å². The second-order valence-electron chi connectivity index (χ2n) is 5.41. The van der Waals surface area contributed by atoms with Crippen molar-refractivity contribution in [2.24, 2.45) is 0 Å². The van der Waals surface area contributed by atoms with Gasteiger partial charge in [0, 0.05) is 5.56 Å². The molecular weight excluding hydrogens is 373 g/mol. The van der Waals surface area contributed by atoms with Crippen LogP contribution in [0.3, 0.4) is 0 Å². The van der Waals surface area contributed by atoms with E-state index in [1.165, 1.54) is 6.92 Å². The van der Waals surface area contributed by atoms with Crippen LogP contribution in [0.15, 0.2) is 34.7 Å². The van der Waals surface area contributed by atoms with E-state index in [2.05, 4.69) is 9.72 Å². The van der Waals surface area contributed by atoms with Crippen molar-refractivity contribution in [3.8, 4) is 11.5 Å². The number of aromatic nitrogens is 1. The van der Waals surface area contributed by atoms with Gasteiger partial charge in [-0.2, -0.15) is 0 Å². The van der Waals surface area contributed by atoms with Gasteiger partial charge in [0.05, 0.1) is 5.56 Å². The number of carbonyl (C=O) groups excluding carboxylic acids is 1. The van der Waals surface area contributed by atoms with Gasteiger partial charge in [0.2, 0.25) is 11.7 Å². The number of carbonyl (C=O) groups is 1. The van der Waals surface area contributed by atoms with Gasteiger partial charge in [-0.3, -0.25) is 0 Å². The zero-order valence-corrected chi connectivity index (χ0v) is 13.7. The Labute approximate surface area is 149 Å². The minimum Gasteiger partial charge on any atom is -0.456 e. The average molecular weight is 383 g/mol. The number of esters is 1. The number of ether oxygens (including phenoxy) is 1. The molecule has 0 unspecified atom stereocenters. The molecule has 0 spiro atoms. The maximum absolute atomic E-state index is 13.6. The molecule has 0 aliphatic rings. The quantitative estimate of drug-likeness (QED) is 0.284. The van der Waals surface area contributed by atoms with Gasteiger partial charge in [-0.1, -0.05) is 18.2 Å². The Kier molecular flexibility index (Phi) is 4.93. The number of aryl methyl sites for hydroxylation is 1. The van der Waals surface area contributed by atoms with Crippen LogP contribution >= 0.6 is 0 Å². The lowest BCUT2D eigenvalue weighted by molar-refractivity contribution is 0.0454. The van der Waals surface area contributed by atoms with Crippen molar-refractivity contribution in [3.63, 3.8) is 0 Å².